The summed E-state index contributed by atoms with van der Waals surface area (Å²) in [6.45, 7) is 3.64. The van der Waals surface area contributed by atoms with Crippen molar-refractivity contribution in [3.05, 3.63) is 47.0 Å². The largest absolute Gasteiger partial charge is 0.493 e. The van der Waals surface area contributed by atoms with Crippen molar-refractivity contribution < 1.29 is 22.6 Å². The van der Waals surface area contributed by atoms with Crippen LogP contribution in [0, 0.1) is 13.8 Å². The summed E-state index contributed by atoms with van der Waals surface area (Å²) in [6.07, 6.45) is 1.37. The molecule has 0 saturated heterocycles. The van der Waals surface area contributed by atoms with Crippen molar-refractivity contribution in [3.63, 3.8) is 0 Å². The minimum atomic E-state index is -3.76. The van der Waals surface area contributed by atoms with Crippen LogP contribution < -0.4 is 19.0 Å². The van der Waals surface area contributed by atoms with Crippen LogP contribution in [-0.2, 0) is 10.0 Å². The lowest BCUT2D eigenvalue weighted by molar-refractivity contribution is 0.324. The number of nitrogens with zero attached hydrogens (tertiary/aromatic N) is 1. The van der Waals surface area contributed by atoms with E-state index in [0.29, 0.717) is 28.4 Å². The number of ether oxygens (including phenoxy) is 3. The maximum Gasteiger partial charge on any atom is 0.276 e. The SMILES string of the molecule is COc1cc(/C=N/NS(=O)(=O)c2ccc(C)cc2C)cc(OC)c1OC. The van der Waals surface area contributed by atoms with E-state index in [1.54, 1.807) is 37.3 Å². The summed E-state index contributed by atoms with van der Waals surface area (Å²) >= 11 is 0. The molecule has 0 spiro atoms. The highest BCUT2D eigenvalue weighted by molar-refractivity contribution is 7.89. The van der Waals surface area contributed by atoms with Gasteiger partial charge in [0.25, 0.3) is 10.0 Å². The van der Waals surface area contributed by atoms with Crippen LogP contribution in [0.25, 0.3) is 0 Å². The van der Waals surface area contributed by atoms with E-state index in [2.05, 4.69) is 9.93 Å². The molecule has 7 nitrogen and oxygen atoms in total. The predicted octanol–water partition coefficient (Wildman–Crippen LogP) is 2.64. The fraction of sp³-hybridized carbons (Fsp3) is 0.278. The first-order valence-corrected chi connectivity index (χ1v) is 9.23. The zero-order valence-electron chi connectivity index (χ0n) is 15.4. The van der Waals surface area contributed by atoms with Gasteiger partial charge in [-0.05, 0) is 37.6 Å². The third-order valence-corrected chi connectivity index (χ3v) is 5.08. The number of methoxy groups -OCH3 is 3. The number of aryl methyl sites for hydroxylation is 2. The van der Waals surface area contributed by atoms with Gasteiger partial charge in [0.1, 0.15) is 0 Å². The first kappa shape index (κ1) is 19.6. The van der Waals surface area contributed by atoms with E-state index >= 15 is 0 Å². The van der Waals surface area contributed by atoms with Gasteiger partial charge in [-0.1, -0.05) is 17.7 Å². The molecular weight excluding hydrogens is 356 g/mol. The summed E-state index contributed by atoms with van der Waals surface area (Å²) in [5.74, 6) is 1.35. The minimum Gasteiger partial charge on any atom is -0.493 e. The monoisotopic (exact) mass is 378 g/mol. The van der Waals surface area contributed by atoms with Crippen molar-refractivity contribution in [2.75, 3.05) is 21.3 Å². The van der Waals surface area contributed by atoms with Crippen LogP contribution in [0.15, 0.2) is 40.3 Å². The van der Waals surface area contributed by atoms with Crippen LogP contribution in [0.3, 0.4) is 0 Å². The Morgan fingerprint density at radius 2 is 1.58 bits per heavy atom. The minimum absolute atomic E-state index is 0.185. The van der Waals surface area contributed by atoms with Gasteiger partial charge in [0.05, 0.1) is 32.4 Å². The van der Waals surface area contributed by atoms with Crippen LogP contribution in [0.2, 0.25) is 0 Å². The molecule has 0 aliphatic heterocycles. The van der Waals surface area contributed by atoms with Crippen molar-refractivity contribution in [3.8, 4) is 17.2 Å². The summed E-state index contributed by atoms with van der Waals surface area (Å²) in [4.78, 5) is 2.40. The Morgan fingerprint density at radius 1 is 0.962 bits per heavy atom. The summed E-state index contributed by atoms with van der Waals surface area (Å²) < 4.78 is 40.6. The lowest BCUT2D eigenvalue weighted by Gasteiger charge is -2.12. The quantitative estimate of drug-likeness (QED) is 0.591. The number of hydrazone groups is 1. The average molecular weight is 378 g/mol. The molecule has 0 heterocycles. The van der Waals surface area contributed by atoms with Gasteiger partial charge in [0, 0.05) is 5.56 Å². The molecule has 0 amide bonds. The zero-order valence-corrected chi connectivity index (χ0v) is 16.2. The first-order chi connectivity index (χ1) is 12.3. The van der Waals surface area contributed by atoms with E-state index in [0.717, 1.165) is 5.56 Å². The molecule has 26 heavy (non-hydrogen) atoms. The molecule has 0 bridgehead atoms. The second-order valence-corrected chi connectivity index (χ2v) is 7.21. The Balaban J connectivity index is 2.27. The van der Waals surface area contributed by atoms with Crippen LogP contribution in [0.4, 0.5) is 0 Å². The van der Waals surface area contributed by atoms with Crippen LogP contribution in [0.5, 0.6) is 17.2 Å². The van der Waals surface area contributed by atoms with Gasteiger partial charge in [0.2, 0.25) is 5.75 Å². The Bertz CT molecular complexity index is 898. The maximum absolute atomic E-state index is 12.4. The molecular formula is C18H22N2O5S. The van der Waals surface area contributed by atoms with E-state index < -0.39 is 10.0 Å². The number of hydrogen-bond acceptors (Lipinski definition) is 6. The van der Waals surface area contributed by atoms with Gasteiger partial charge < -0.3 is 14.2 Å². The summed E-state index contributed by atoms with van der Waals surface area (Å²) in [5, 5.41) is 3.84. The molecule has 0 saturated carbocycles. The molecule has 0 aromatic heterocycles. The van der Waals surface area contributed by atoms with Gasteiger partial charge in [0.15, 0.2) is 11.5 Å². The highest BCUT2D eigenvalue weighted by atomic mass is 32.2. The van der Waals surface area contributed by atoms with Gasteiger partial charge in [-0.2, -0.15) is 13.5 Å². The van der Waals surface area contributed by atoms with Crippen molar-refractivity contribution in [2.45, 2.75) is 18.7 Å². The number of rotatable bonds is 7. The van der Waals surface area contributed by atoms with Crippen molar-refractivity contribution in [1.82, 2.24) is 4.83 Å². The third kappa shape index (κ3) is 4.26. The van der Waals surface area contributed by atoms with Gasteiger partial charge in [-0.15, -0.1) is 0 Å². The lowest BCUT2D eigenvalue weighted by atomic mass is 10.2. The Hall–Kier alpha value is -2.74. The molecule has 2 rings (SSSR count). The second kappa shape index (κ2) is 8.09. The van der Waals surface area contributed by atoms with Crippen molar-refractivity contribution >= 4 is 16.2 Å². The van der Waals surface area contributed by atoms with E-state index in [9.17, 15) is 8.42 Å². The zero-order chi connectivity index (χ0) is 19.3. The number of nitrogens with one attached hydrogen (secondary N) is 1. The predicted molar refractivity (Wildman–Crippen MR) is 99.9 cm³/mol. The summed E-state index contributed by atoms with van der Waals surface area (Å²) in [7, 11) is 0.751. The highest BCUT2D eigenvalue weighted by Crippen LogP contribution is 2.37. The topological polar surface area (TPSA) is 86.2 Å². The molecule has 0 unspecified atom stereocenters. The number of hydrogen-bond donors (Lipinski definition) is 1. The molecule has 140 valence electrons. The van der Waals surface area contributed by atoms with Gasteiger partial charge >= 0.3 is 0 Å². The Kier molecular flexibility index (Phi) is 6.10. The average Bonchev–Trinajstić information content (AvgIpc) is 2.60. The molecule has 0 atom stereocenters. The number of sulfonamides is 1. The molecule has 0 aliphatic rings. The summed E-state index contributed by atoms with van der Waals surface area (Å²) in [5.41, 5.74) is 2.23. The molecule has 0 radical (unpaired) electrons. The molecule has 0 fully saturated rings. The van der Waals surface area contributed by atoms with Crippen LogP contribution in [-0.4, -0.2) is 36.0 Å². The van der Waals surface area contributed by atoms with Crippen molar-refractivity contribution in [2.24, 2.45) is 5.10 Å². The number of benzene rings is 2. The van der Waals surface area contributed by atoms with Gasteiger partial charge in [-0.25, -0.2) is 4.83 Å². The first-order valence-electron chi connectivity index (χ1n) is 7.74. The van der Waals surface area contributed by atoms with E-state index in [-0.39, 0.29) is 4.90 Å². The molecule has 0 aliphatic carbocycles. The molecule has 8 heteroatoms. The van der Waals surface area contributed by atoms with Gasteiger partial charge in [-0.3, -0.25) is 0 Å². The standard InChI is InChI=1S/C18H22N2O5S/c1-12-6-7-17(13(2)8-12)26(21,22)20-19-11-14-9-15(23-3)18(25-5)16(10-14)24-4/h6-11,20H,1-5H3/b19-11+. The molecule has 2 aromatic carbocycles. The van der Waals surface area contributed by atoms with E-state index in [1.165, 1.54) is 27.5 Å². The lowest BCUT2D eigenvalue weighted by Crippen LogP contribution is -2.19. The van der Waals surface area contributed by atoms with Crippen LogP contribution in [0.1, 0.15) is 16.7 Å². The highest BCUT2D eigenvalue weighted by Gasteiger charge is 2.16. The van der Waals surface area contributed by atoms with E-state index in [4.69, 9.17) is 14.2 Å². The molecule has 2 aromatic rings. The fourth-order valence-electron chi connectivity index (χ4n) is 2.50. The fourth-order valence-corrected chi connectivity index (χ4v) is 3.52. The smallest absolute Gasteiger partial charge is 0.276 e. The van der Waals surface area contributed by atoms with Crippen LogP contribution >= 0.6 is 0 Å². The maximum atomic E-state index is 12.4. The molecule has 1 N–H and O–H groups in total. The third-order valence-electron chi connectivity index (χ3n) is 3.69. The normalized spacial score (nSPS) is 11.4. The summed E-state index contributed by atoms with van der Waals surface area (Å²) in [6, 6.07) is 8.43. The Morgan fingerprint density at radius 3 is 2.08 bits per heavy atom. The Labute approximate surface area is 153 Å². The van der Waals surface area contributed by atoms with Crippen molar-refractivity contribution in [1.29, 1.82) is 0 Å². The second-order valence-electron chi connectivity index (χ2n) is 5.58. The van der Waals surface area contributed by atoms with E-state index in [1.807, 2.05) is 6.92 Å².